The van der Waals surface area contributed by atoms with Crippen LogP contribution in [-0.4, -0.2) is 41.6 Å². The summed E-state index contributed by atoms with van der Waals surface area (Å²) >= 11 is 0. The van der Waals surface area contributed by atoms with Gasteiger partial charge in [-0.1, -0.05) is 0 Å². The van der Waals surface area contributed by atoms with Crippen molar-refractivity contribution in [2.75, 3.05) is 29.9 Å². The van der Waals surface area contributed by atoms with Crippen molar-refractivity contribution in [2.45, 2.75) is 32.0 Å². The molecule has 0 radical (unpaired) electrons. The van der Waals surface area contributed by atoms with Crippen molar-refractivity contribution in [1.82, 2.24) is 9.97 Å². The number of amides is 1. The van der Waals surface area contributed by atoms with Gasteiger partial charge in [-0.05, 0) is 62.2 Å². The Morgan fingerprint density at radius 1 is 1.15 bits per heavy atom. The number of benzene rings is 2. The summed E-state index contributed by atoms with van der Waals surface area (Å²) in [5.41, 5.74) is 7.31. The minimum absolute atomic E-state index is 0.173. The van der Waals surface area contributed by atoms with Crippen LogP contribution in [0.4, 0.5) is 24.8 Å². The Hall–Kier alpha value is -3.40. The van der Waals surface area contributed by atoms with E-state index in [9.17, 15) is 18.0 Å². The fraction of sp³-hybridized carbons (Fsp3) is 0.348. The lowest BCUT2D eigenvalue weighted by molar-refractivity contribution is -0.137. The van der Waals surface area contributed by atoms with Gasteiger partial charge in [-0.15, -0.1) is 0 Å². The van der Waals surface area contributed by atoms with E-state index in [0.717, 1.165) is 54.7 Å². The van der Waals surface area contributed by atoms with Gasteiger partial charge in [0, 0.05) is 30.2 Å². The van der Waals surface area contributed by atoms with Gasteiger partial charge >= 0.3 is 6.18 Å². The molecule has 33 heavy (non-hydrogen) atoms. The molecule has 1 aromatic heterocycles. The van der Waals surface area contributed by atoms with E-state index < -0.39 is 17.6 Å². The zero-order valence-electron chi connectivity index (χ0n) is 18.0. The number of aryl methyl sites for hydroxylation is 1. The molecular formula is C23H24F3N5O2. The highest BCUT2D eigenvalue weighted by molar-refractivity contribution is 5.95. The Balaban J connectivity index is 1.39. The third kappa shape index (κ3) is 5.51. The molecule has 3 N–H and O–H groups in total. The number of halogens is 3. The molecule has 4 rings (SSSR count). The van der Waals surface area contributed by atoms with Crippen LogP contribution in [0.25, 0.3) is 10.9 Å². The van der Waals surface area contributed by atoms with E-state index in [2.05, 4.69) is 20.2 Å². The van der Waals surface area contributed by atoms with Gasteiger partial charge in [0.25, 0.3) is 5.91 Å². The number of carbonyl (C=O) groups is 1. The van der Waals surface area contributed by atoms with E-state index in [1.54, 1.807) is 12.1 Å². The molecule has 1 saturated heterocycles. The van der Waals surface area contributed by atoms with Gasteiger partial charge < -0.3 is 20.7 Å². The number of ether oxygens (including phenoxy) is 1. The van der Waals surface area contributed by atoms with E-state index in [0.29, 0.717) is 11.6 Å². The van der Waals surface area contributed by atoms with Gasteiger partial charge in [0.05, 0.1) is 16.8 Å². The van der Waals surface area contributed by atoms with Gasteiger partial charge in [0.2, 0.25) is 5.95 Å². The number of anilines is 2. The molecule has 0 unspecified atom stereocenters. The van der Waals surface area contributed by atoms with Crippen LogP contribution in [0.15, 0.2) is 42.5 Å². The fourth-order valence-electron chi connectivity index (χ4n) is 3.67. The molecule has 7 nitrogen and oxygen atoms in total. The molecular weight excluding hydrogens is 435 g/mol. The number of nitrogens with zero attached hydrogens (tertiary/aromatic N) is 3. The van der Waals surface area contributed by atoms with Crippen molar-refractivity contribution in [1.29, 1.82) is 0 Å². The zero-order valence-corrected chi connectivity index (χ0v) is 18.0. The van der Waals surface area contributed by atoms with E-state index in [1.165, 1.54) is 12.1 Å². The Morgan fingerprint density at radius 2 is 1.85 bits per heavy atom. The average Bonchev–Trinajstić information content (AvgIpc) is 2.78. The summed E-state index contributed by atoms with van der Waals surface area (Å²) in [6.45, 7) is 3.19. The first kappa shape index (κ1) is 22.8. The number of aromatic nitrogens is 2. The summed E-state index contributed by atoms with van der Waals surface area (Å²) in [6, 6.07) is 9.74. The number of piperidine rings is 1. The van der Waals surface area contributed by atoms with Gasteiger partial charge in [-0.2, -0.15) is 13.2 Å². The maximum Gasteiger partial charge on any atom is 0.416 e. The van der Waals surface area contributed by atoms with Crippen LogP contribution >= 0.6 is 0 Å². The number of carbonyl (C=O) groups excluding carboxylic acids is 1. The molecule has 0 aliphatic carbocycles. The quantitative estimate of drug-likeness (QED) is 0.601. The summed E-state index contributed by atoms with van der Waals surface area (Å²) in [5, 5.41) is 3.54. The first-order chi connectivity index (χ1) is 15.7. The van der Waals surface area contributed by atoms with Gasteiger partial charge in [-0.3, -0.25) is 4.79 Å². The maximum absolute atomic E-state index is 12.6. The molecule has 1 aliphatic heterocycles. The standard InChI is InChI=1S/C23H24F3N5O2/c1-14-19-12-17(4-7-20(19)30-22(28-14)31-10-8-16(27)9-11-31)29-21(32)13-33-18-5-2-15(3-6-18)23(24,25)26/h2-7,12,16H,8-11,13,27H2,1H3,(H,29,32). The normalized spacial score (nSPS) is 15.0. The lowest BCUT2D eigenvalue weighted by Crippen LogP contribution is -2.40. The Labute approximate surface area is 188 Å². The van der Waals surface area contributed by atoms with Gasteiger partial charge in [0.15, 0.2) is 6.61 Å². The Kier molecular flexibility index (Phi) is 6.37. The SMILES string of the molecule is Cc1nc(N2CCC(N)CC2)nc2ccc(NC(=O)COc3ccc(C(F)(F)F)cc3)cc12. The minimum atomic E-state index is -4.42. The molecule has 2 heterocycles. The molecule has 1 amide bonds. The largest absolute Gasteiger partial charge is 0.484 e. The summed E-state index contributed by atoms with van der Waals surface area (Å²) in [7, 11) is 0. The first-order valence-corrected chi connectivity index (χ1v) is 10.6. The highest BCUT2D eigenvalue weighted by atomic mass is 19.4. The highest BCUT2D eigenvalue weighted by Gasteiger charge is 2.30. The second-order valence-corrected chi connectivity index (χ2v) is 8.02. The second kappa shape index (κ2) is 9.22. The van der Waals surface area contributed by atoms with Crippen LogP contribution in [0.5, 0.6) is 5.75 Å². The Bertz CT molecular complexity index is 1140. The number of fused-ring (bicyclic) bond motifs is 1. The van der Waals surface area contributed by atoms with Crippen LogP contribution in [0.2, 0.25) is 0 Å². The maximum atomic E-state index is 12.6. The number of nitrogens with two attached hydrogens (primary N) is 1. The van der Waals surface area contributed by atoms with Crippen molar-refractivity contribution in [3.8, 4) is 5.75 Å². The number of rotatable bonds is 5. The van der Waals surface area contributed by atoms with Gasteiger partial charge in [0.1, 0.15) is 5.75 Å². The molecule has 0 bridgehead atoms. The third-order valence-electron chi connectivity index (χ3n) is 5.53. The molecule has 2 aromatic carbocycles. The smallest absolute Gasteiger partial charge is 0.416 e. The molecule has 1 fully saturated rings. The summed E-state index contributed by atoms with van der Waals surface area (Å²) in [6.07, 6.45) is -2.62. The molecule has 10 heteroatoms. The lowest BCUT2D eigenvalue weighted by Gasteiger charge is -2.30. The predicted octanol–water partition coefficient (Wildman–Crippen LogP) is 3.90. The number of nitrogens with one attached hydrogen (secondary N) is 1. The van der Waals surface area contributed by atoms with Crippen LogP contribution < -0.4 is 20.7 Å². The fourth-order valence-corrected chi connectivity index (χ4v) is 3.67. The number of hydrogen-bond donors (Lipinski definition) is 2. The molecule has 3 aromatic rings. The van der Waals surface area contributed by atoms with Crippen LogP contribution in [0, 0.1) is 6.92 Å². The monoisotopic (exact) mass is 459 g/mol. The van der Waals surface area contributed by atoms with Gasteiger partial charge in [-0.25, -0.2) is 9.97 Å². The molecule has 1 aliphatic rings. The van der Waals surface area contributed by atoms with E-state index in [-0.39, 0.29) is 18.4 Å². The van der Waals surface area contributed by atoms with Crippen LogP contribution in [0.1, 0.15) is 24.1 Å². The second-order valence-electron chi connectivity index (χ2n) is 8.02. The summed E-state index contributed by atoms with van der Waals surface area (Å²) < 4.78 is 43.2. The average molecular weight is 459 g/mol. The van der Waals surface area contributed by atoms with Crippen molar-refractivity contribution >= 4 is 28.4 Å². The minimum Gasteiger partial charge on any atom is -0.484 e. The molecule has 0 spiro atoms. The van der Waals surface area contributed by atoms with Crippen molar-refractivity contribution < 1.29 is 22.7 Å². The van der Waals surface area contributed by atoms with E-state index >= 15 is 0 Å². The zero-order chi connectivity index (χ0) is 23.6. The van der Waals surface area contributed by atoms with Crippen LogP contribution in [-0.2, 0) is 11.0 Å². The predicted molar refractivity (Wildman–Crippen MR) is 119 cm³/mol. The third-order valence-corrected chi connectivity index (χ3v) is 5.53. The van der Waals surface area contributed by atoms with Crippen molar-refractivity contribution in [3.05, 3.63) is 53.7 Å². The van der Waals surface area contributed by atoms with E-state index in [4.69, 9.17) is 10.5 Å². The first-order valence-electron chi connectivity index (χ1n) is 10.6. The van der Waals surface area contributed by atoms with Crippen LogP contribution in [0.3, 0.4) is 0 Å². The van der Waals surface area contributed by atoms with Crippen molar-refractivity contribution in [2.24, 2.45) is 5.73 Å². The molecule has 0 atom stereocenters. The van der Waals surface area contributed by atoms with E-state index in [1.807, 2.05) is 13.0 Å². The lowest BCUT2D eigenvalue weighted by atomic mass is 10.1. The van der Waals surface area contributed by atoms with Crippen molar-refractivity contribution in [3.63, 3.8) is 0 Å². The molecule has 0 saturated carbocycles. The Morgan fingerprint density at radius 3 is 2.52 bits per heavy atom. The summed E-state index contributed by atoms with van der Waals surface area (Å²) in [4.78, 5) is 23.7. The number of hydrogen-bond acceptors (Lipinski definition) is 6. The summed E-state index contributed by atoms with van der Waals surface area (Å²) in [5.74, 6) is 0.412. The number of alkyl halides is 3. The topological polar surface area (TPSA) is 93.4 Å². The highest BCUT2D eigenvalue weighted by Crippen LogP contribution is 2.30. The molecule has 174 valence electrons.